The largest absolute Gasteiger partial charge is 0.478 e. The molecule has 1 aliphatic heterocycles. The molecule has 0 unspecified atom stereocenters. The Kier molecular flexibility index (Phi) is 13.7. The molecule has 1 saturated heterocycles. The van der Waals surface area contributed by atoms with Crippen molar-refractivity contribution in [3.05, 3.63) is 47.4 Å². The molecule has 3 heterocycles. The lowest BCUT2D eigenvalue weighted by Crippen LogP contribution is -2.45. The standard InChI is InChI=1S/C35H44F6N6O6/c1-33(2,3)53-32(50)42-12-6-7-24-19-25-28(8-5-9-29(25)46(24)22-34(36,37)38)44-27-10-13-45(4)21-23(27)11-15-51-17-18-52-16-14-47-30(35(39,40)41)26(20-43-47)31(48)49/h5,8-9,19-20,23,27,44H,10-18,21-22H2,1-4H3,(H,42,50)(H,48,49)/t23-,27-/m0/s1. The molecule has 1 amide bonds. The molecule has 2 atom stereocenters. The summed E-state index contributed by atoms with van der Waals surface area (Å²) in [6.45, 7) is 5.50. The average molecular weight is 759 g/mol. The van der Waals surface area contributed by atoms with Crippen LogP contribution in [0.25, 0.3) is 10.9 Å². The number of benzene rings is 1. The highest BCUT2D eigenvalue weighted by molar-refractivity contribution is 5.94. The number of alkyl carbamates (subject to hydrolysis) is 1. The molecule has 0 radical (unpaired) electrons. The summed E-state index contributed by atoms with van der Waals surface area (Å²) in [5.74, 6) is 3.88. The van der Waals surface area contributed by atoms with E-state index in [0.717, 1.165) is 24.1 Å². The molecule has 292 valence electrons. The zero-order valence-corrected chi connectivity index (χ0v) is 29.9. The molecular weight excluding hydrogens is 714 g/mol. The van der Waals surface area contributed by atoms with E-state index in [1.165, 1.54) is 0 Å². The second kappa shape index (κ2) is 17.6. The van der Waals surface area contributed by atoms with Crippen LogP contribution < -0.4 is 10.6 Å². The third kappa shape index (κ3) is 12.3. The summed E-state index contributed by atoms with van der Waals surface area (Å²) in [5, 5.41) is 19.2. The predicted molar refractivity (Wildman–Crippen MR) is 183 cm³/mol. The van der Waals surface area contributed by atoms with Crippen LogP contribution in [0.1, 0.15) is 55.4 Å². The number of alkyl halides is 6. The molecule has 4 rings (SSSR count). The van der Waals surface area contributed by atoms with Crippen molar-refractivity contribution in [3.63, 3.8) is 0 Å². The fourth-order valence-electron chi connectivity index (χ4n) is 6.04. The van der Waals surface area contributed by atoms with Crippen LogP contribution in [0.15, 0.2) is 30.5 Å². The first kappa shape index (κ1) is 41.3. The summed E-state index contributed by atoms with van der Waals surface area (Å²) in [4.78, 5) is 25.3. The Balaban J connectivity index is 1.35. The van der Waals surface area contributed by atoms with Crippen molar-refractivity contribution in [2.24, 2.45) is 5.92 Å². The van der Waals surface area contributed by atoms with Crippen LogP contribution in [0.5, 0.6) is 0 Å². The minimum Gasteiger partial charge on any atom is -0.478 e. The predicted octanol–water partition coefficient (Wildman–Crippen LogP) is 5.85. The monoisotopic (exact) mass is 758 g/mol. The first-order valence-corrected chi connectivity index (χ1v) is 16.9. The molecule has 3 N–H and O–H groups in total. The van der Waals surface area contributed by atoms with Gasteiger partial charge in [0.1, 0.15) is 17.7 Å². The first-order valence-electron chi connectivity index (χ1n) is 16.9. The van der Waals surface area contributed by atoms with E-state index in [9.17, 15) is 35.9 Å². The lowest BCUT2D eigenvalue weighted by Gasteiger charge is -2.38. The number of carboxylic acid groups (broad SMARTS) is 1. The summed E-state index contributed by atoms with van der Waals surface area (Å²) < 4.78 is 99.1. The fourth-order valence-corrected chi connectivity index (χ4v) is 6.04. The van der Waals surface area contributed by atoms with Gasteiger partial charge in [-0.25, -0.2) is 9.59 Å². The van der Waals surface area contributed by atoms with Gasteiger partial charge in [-0.2, -0.15) is 31.4 Å². The second-order valence-corrected chi connectivity index (χ2v) is 13.6. The number of carboxylic acids is 1. The quantitative estimate of drug-likeness (QED) is 0.105. The number of ether oxygens (including phenoxy) is 3. The van der Waals surface area contributed by atoms with Gasteiger partial charge >= 0.3 is 24.4 Å². The third-order valence-corrected chi connectivity index (χ3v) is 8.29. The number of carbonyl (C=O) groups excluding carboxylic acids is 1. The number of aromatic carboxylic acids is 1. The van der Waals surface area contributed by atoms with Crippen molar-refractivity contribution in [1.82, 2.24) is 24.6 Å². The molecule has 53 heavy (non-hydrogen) atoms. The van der Waals surface area contributed by atoms with Gasteiger partial charge in [0.15, 0.2) is 5.69 Å². The third-order valence-electron chi connectivity index (χ3n) is 8.29. The Morgan fingerprint density at radius 3 is 2.43 bits per heavy atom. The number of piperidine rings is 1. The van der Waals surface area contributed by atoms with Gasteiger partial charge in [0.2, 0.25) is 0 Å². The van der Waals surface area contributed by atoms with Crippen LogP contribution in [0, 0.1) is 17.8 Å². The van der Waals surface area contributed by atoms with Gasteiger partial charge in [-0.15, -0.1) is 0 Å². The Morgan fingerprint density at radius 2 is 1.77 bits per heavy atom. The maximum Gasteiger partial charge on any atom is 0.433 e. The van der Waals surface area contributed by atoms with Crippen LogP contribution in [0.2, 0.25) is 0 Å². The number of fused-ring (bicyclic) bond motifs is 1. The number of hydrogen-bond donors (Lipinski definition) is 3. The van der Waals surface area contributed by atoms with E-state index >= 15 is 0 Å². The molecule has 1 aliphatic rings. The van der Waals surface area contributed by atoms with Crippen molar-refractivity contribution in [2.75, 3.05) is 58.4 Å². The molecule has 0 spiro atoms. The van der Waals surface area contributed by atoms with Gasteiger partial charge in [0, 0.05) is 30.3 Å². The molecule has 3 aromatic rings. The van der Waals surface area contributed by atoms with Crippen molar-refractivity contribution in [2.45, 2.75) is 70.7 Å². The number of carbonyl (C=O) groups is 2. The number of likely N-dealkylation sites (tertiary alicyclic amines) is 1. The van der Waals surface area contributed by atoms with E-state index in [1.807, 2.05) is 13.1 Å². The number of hydrogen-bond acceptors (Lipinski definition) is 8. The number of rotatable bonds is 14. The normalized spacial score (nSPS) is 17.0. The van der Waals surface area contributed by atoms with E-state index < -0.39 is 47.8 Å². The summed E-state index contributed by atoms with van der Waals surface area (Å²) in [6.07, 6.45) is -8.01. The molecule has 0 saturated carbocycles. The van der Waals surface area contributed by atoms with Gasteiger partial charge < -0.3 is 39.4 Å². The van der Waals surface area contributed by atoms with Crippen molar-refractivity contribution in [1.29, 1.82) is 0 Å². The number of aromatic nitrogens is 3. The van der Waals surface area contributed by atoms with Crippen LogP contribution in [-0.2, 0) is 33.5 Å². The Labute approximate surface area is 302 Å². The maximum atomic E-state index is 13.7. The number of halogens is 6. The highest BCUT2D eigenvalue weighted by atomic mass is 19.4. The summed E-state index contributed by atoms with van der Waals surface area (Å²) >= 11 is 0. The van der Waals surface area contributed by atoms with Crippen molar-refractivity contribution < 1.29 is 55.2 Å². The van der Waals surface area contributed by atoms with E-state index in [2.05, 4.69) is 32.5 Å². The summed E-state index contributed by atoms with van der Waals surface area (Å²) in [5.41, 5.74) is -1.83. The molecule has 12 nitrogen and oxygen atoms in total. The summed E-state index contributed by atoms with van der Waals surface area (Å²) in [6, 6.07) is 6.69. The molecule has 2 aromatic heterocycles. The second-order valence-electron chi connectivity index (χ2n) is 13.6. The molecule has 18 heteroatoms. The van der Waals surface area contributed by atoms with E-state index in [1.54, 1.807) is 39.0 Å². The van der Waals surface area contributed by atoms with E-state index in [-0.39, 0.29) is 50.6 Å². The Bertz CT molecular complexity index is 1770. The summed E-state index contributed by atoms with van der Waals surface area (Å²) in [7, 11) is 2.00. The first-order chi connectivity index (χ1) is 24.8. The Hall–Kier alpha value is -4.47. The number of nitrogens with one attached hydrogen (secondary N) is 2. The lowest BCUT2D eigenvalue weighted by atomic mass is 9.89. The van der Waals surface area contributed by atoms with Crippen LogP contribution in [0.3, 0.4) is 0 Å². The number of nitrogens with zero attached hydrogens (tertiary/aromatic N) is 4. The topological polar surface area (TPSA) is 132 Å². The molecule has 0 bridgehead atoms. The Morgan fingerprint density at radius 1 is 1.06 bits per heavy atom. The van der Waals surface area contributed by atoms with E-state index in [4.69, 9.17) is 19.3 Å². The van der Waals surface area contributed by atoms with Gasteiger partial charge in [0.05, 0.1) is 50.3 Å². The van der Waals surface area contributed by atoms with Gasteiger partial charge in [-0.05, 0) is 77.2 Å². The van der Waals surface area contributed by atoms with Crippen LogP contribution in [0.4, 0.5) is 36.8 Å². The van der Waals surface area contributed by atoms with Crippen LogP contribution in [-0.4, -0.2) is 107 Å². The smallest absolute Gasteiger partial charge is 0.433 e. The van der Waals surface area contributed by atoms with Crippen LogP contribution >= 0.6 is 0 Å². The van der Waals surface area contributed by atoms with Gasteiger partial charge in [-0.1, -0.05) is 12.0 Å². The van der Waals surface area contributed by atoms with Crippen molar-refractivity contribution >= 4 is 28.7 Å². The average Bonchev–Trinajstić information content (AvgIpc) is 3.63. The fraction of sp³-hybridized carbons (Fsp3) is 0.571. The minimum atomic E-state index is -4.89. The van der Waals surface area contributed by atoms with E-state index in [0.29, 0.717) is 40.5 Å². The zero-order chi connectivity index (χ0) is 39.0. The molecule has 1 aromatic carbocycles. The lowest BCUT2D eigenvalue weighted by molar-refractivity contribution is -0.145. The van der Waals surface area contributed by atoms with Crippen molar-refractivity contribution in [3.8, 4) is 11.8 Å². The molecular formula is C35H44F6N6O6. The maximum absolute atomic E-state index is 13.7. The highest BCUT2D eigenvalue weighted by Gasteiger charge is 2.40. The molecule has 0 aliphatic carbocycles. The highest BCUT2D eigenvalue weighted by Crippen LogP contribution is 2.33. The number of anilines is 1. The van der Waals surface area contributed by atoms with Gasteiger partial charge in [-0.3, -0.25) is 4.68 Å². The SMILES string of the molecule is CN1CC[C@H](Nc2cccc3c2cc(C#CCNC(=O)OC(C)(C)C)n3CC(F)(F)F)[C@@H](CCOCCOCCn2ncc(C(=O)O)c2C(F)(F)F)C1. The molecule has 1 fully saturated rings. The number of amides is 1. The van der Waals surface area contributed by atoms with Gasteiger partial charge in [0.25, 0.3) is 0 Å². The zero-order valence-electron chi connectivity index (χ0n) is 29.9. The minimum absolute atomic E-state index is 0.0252.